The second kappa shape index (κ2) is 6.29. The quantitative estimate of drug-likeness (QED) is 0.735. The fourth-order valence-corrected chi connectivity index (χ4v) is 4.33. The van der Waals surface area contributed by atoms with E-state index >= 15 is 0 Å². The Morgan fingerprint density at radius 1 is 1.38 bits per heavy atom. The average Bonchev–Trinajstić information content (AvgIpc) is 2.43. The Labute approximate surface area is 124 Å². The number of rotatable bonds is 4. The van der Waals surface area contributed by atoms with Crippen LogP contribution in [0.4, 0.5) is 10.1 Å². The van der Waals surface area contributed by atoms with Gasteiger partial charge >= 0.3 is 0 Å². The molecule has 0 saturated heterocycles. The number of anilines is 1. The molecular formula is C14H21FN2O3S. The van der Waals surface area contributed by atoms with Gasteiger partial charge in [0.1, 0.15) is 10.7 Å². The molecule has 1 aliphatic rings. The van der Waals surface area contributed by atoms with Gasteiger partial charge in [0.15, 0.2) is 0 Å². The maximum atomic E-state index is 14.1. The van der Waals surface area contributed by atoms with E-state index in [1.165, 1.54) is 13.0 Å². The molecule has 0 radical (unpaired) electrons. The highest BCUT2D eigenvalue weighted by atomic mass is 32.2. The molecule has 1 aromatic rings. The van der Waals surface area contributed by atoms with E-state index in [0.717, 1.165) is 25.3 Å². The molecule has 1 fully saturated rings. The number of aliphatic hydroxyl groups excluding tert-OH is 1. The van der Waals surface area contributed by atoms with Gasteiger partial charge in [0, 0.05) is 18.3 Å². The molecule has 2 rings (SSSR count). The van der Waals surface area contributed by atoms with Gasteiger partial charge in [0.05, 0.1) is 0 Å². The number of halogens is 1. The van der Waals surface area contributed by atoms with Crippen LogP contribution in [0.3, 0.4) is 0 Å². The van der Waals surface area contributed by atoms with Gasteiger partial charge in [-0.25, -0.2) is 17.5 Å². The zero-order valence-electron chi connectivity index (χ0n) is 12.0. The van der Waals surface area contributed by atoms with Gasteiger partial charge in [-0.1, -0.05) is 12.8 Å². The van der Waals surface area contributed by atoms with Crippen LogP contribution in [0, 0.1) is 18.7 Å². The van der Waals surface area contributed by atoms with Gasteiger partial charge in [-0.2, -0.15) is 0 Å². The smallest absolute Gasteiger partial charge is 0.243 e. The van der Waals surface area contributed by atoms with E-state index < -0.39 is 20.7 Å². The standard InChI is InChI=1S/C14H21FN2O3S/c1-9-6-11(16)7-13(14(9)15)21(19,20)17-12-5-3-2-4-10(12)8-18/h6-7,10,12,17-18H,2-5,8,16H2,1H3. The maximum absolute atomic E-state index is 14.1. The lowest BCUT2D eigenvalue weighted by molar-refractivity contribution is 0.164. The van der Waals surface area contributed by atoms with Crippen molar-refractivity contribution in [1.29, 1.82) is 0 Å². The molecule has 118 valence electrons. The number of benzene rings is 1. The molecule has 4 N–H and O–H groups in total. The summed E-state index contributed by atoms with van der Waals surface area (Å²) in [6.07, 6.45) is 3.27. The van der Waals surface area contributed by atoms with Gasteiger partial charge in [-0.15, -0.1) is 0 Å². The third kappa shape index (κ3) is 3.53. The van der Waals surface area contributed by atoms with E-state index in [2.05, 4.69) is 4.72 Å². The van der Waals surface area contributed by atoms with Crippen LogP contribution in [0.1, 0.15) is 31.2 Å². The van der Waals surface area contributed by atoms with E-state index in [9.17, 15) is 17.9 Å². The molecule has 0 bridgehead atoms. The normalized spacial score (nSPS) is 23.2. The zero-order chi connectivity index (χ0) is 15.6. The fourth-order valence-electron chi connectivity index (χ4n) is 2.80. The minimum absolute atomic E-state index is 0.0778. The Kier molecular flexibility index (Phi) is 4.85. The number of aliphatic hydroxyl groups is 1. The number of nitrogens with two attached hydrogens (primary N) is 1. The molecule has 21 heavy (non-hydrogen) atoms. The molecule has 2 unspecified atom stereocenters. The van der Waals surface area contributed by atoms with Crippen molar-refractivity contribution in [2.75, 3.05) is 12.3 Å². The lowest BCUT2D eigenvalue weighted by atomic mass is 9.86. The molecule has 0 aliphatic heterocycles. The summed E-state index contributed by atoms with van der Waals surface area (Å²) in [7, 11) is -3.99. The number of sulfonamides is 1. The first-order valence-corrected chi connectivity index (χ1v) is 8.52. The number of hydrogen-bond acceptors (Lipinski definition) is 4. The lowest BCUT2D eigenvalue weighted by Gasteiger charge is -2.30. The number of nitrogens with one attached hydrogen (secondary N) is 1. The Bertz CT molecular complexity index is 619. The van der Waals surface area contributed by atoms with Crippen molar-refractivity contribution in [2.45, 2.75) is 43.5 Å². The first-order chi connectivity index (χ1) is 9.85. The van der Waals surface area contributed by atoms with Crippen LogP contribution in [0.2, 0.25) is 0 Å². The number of nitrogen functional groups attached to an aromatic ring is 1. The van der Waals surface area contributed by atoms with Crippen molar-refractivity contribution < 1.29 is 17.9 Å². The topological polar surface area (TPSA) is 92.4 Å². The molecule has 0 aromatic heterocycles. The third-order valence-corrected chi connectivity index (χ3v) is 5.47. The van der Waals surface area contributed by atoms with Crippen LogP contribution < -0.4 is 10.5 Å². The predicted octanol–water partition coefficient (Wildman–Crippen LogP) is 1.55. The van der Waals surface area contributed by atoms with Crippen LogP contribution in [-0.4, -0.2) is 26.2 Å². The molecule has 1 aromatic carbocycles. The highest BCUT2D eigenvalue weighted by molar-refractivity contribution is 7.89. The van der Waals surface area contributed by atoms with Crippen molar-refractivity contribution in [2.24, 2.45) is 5.92 Å². The van der Waals surface area contributed by atoms with Gasteiger partial charge in [-0.05, 0) is 43.4 Å². The monoisotopic (exact) mass is 316 g/mol. The summed E-state index contributed by atoms with van der Waals surface area (Å²) in [6.45, 7) is 1.40. The minimum Gasteiger partial charge on any atom is -0.399 e. The van der Waals surface area contributed by atoms with Crippen molar-refractivity contribution in [3.63, 3.8) is 0 Å². The van der Waals surface area contributed by atoms with Crippen LogP contribution >= 0.6 is 0 Å². The second-order valence-corrected chi connectivity index (χ2v) is 7.29. The summed E-state index contributed by atoms with van der Waals surface area (Å²) in [4.78, 5) is -0.428. The second-order valence-electron chi connectivity index (χ2n) is 5.60. The summed E-state index contributed by atoms with van der Waals surface area (Å²) in [6, 6.07) is 2.15. The summed E-state index contributed by atoms with van der Waals surface area (Å²) in [5.41, 5.74) is 6.01. The summed E-state index contributed by atoms with van der Waals surface area (Å²) < 4.78 is 41.4. The molecule has 0 amide bonds. The Morgan fingerprint density at radius 2 is 2.05 bits per heavy atom. The zero-order valence-corrected chi connectivity index (χ0v) is 12.8. The van der Waals surface area contributed by atoms with Crippen LogP contribution in [0.25, 0.3) is 0 Å². The SMILES string of the molecule is Cc1cc(N)cc(S(=O)(=O)NC2CCCCC2CO)c1F. The van der Waals surface area contributed by atoms with E-state index in [0.29, 0.717) is 6.42 Å². The minimum atomic E-state index is -3.99. The maximum Gasteiger partial charge on any atom is 0.243 e. The largest absolute Gasteiger partial charge is 0.399 e. The van der Waals surface area contributed by atoms with E-state index in [-0.39, 0.29) is 29.8 Å². The van der Waals surface area contributed by atoms with Gasteiger partial charge in [0.25, 0.3) is 0 Å². The molecule has 5 nitrogen and oxygen atoms in total. The molecule has 0 spiro atoms. The average molecular weight is 316 g/mol. The molecule has 0 heterocycles. The van der Waals surface area contributed by atoms with Crippen molar-refractivity contribution >= 4 is 15.7 Å². The van der Waals surface area contributed by atoms with E-state index in [1.54, 1.807) is 0 Å². The molecule has 1 aliphatic carbocycles. The highest BCUT2D eigenvalue weighted by Crippen LogP contribution is 2.27. The summed E-state index contributed by atoms with van der Waals surface area (Å²) in [5.74, 6) is -0.910. The summed E-state index contributed by atoms with van der Waals surface area (Å²) >= 11 is 0. The van der Waals surface area contributed by atoms with Crippen molar-refractivity contribution in [1.82, 2.24) is 4.72 Å². The van der Waals surface area contributed by atoms with Crippen LogP contribution in [-0.2, 0) is 10.0 Å². The van der Waals surface area contributed by atoms with Crippen LogP contribution in [0.5, 0.6) is 0 Å². The Hall–Kier alpha value is -1.18. The third-order valence-electron chi connectivity index (χ3n) is 3.98. The number of hydrogen-bond donors (Lipinski definition) is 3. The highest BCUT2D eigenvalue weighted by Gasteiger charge is 2.30. The van der Waals surface area contributed by atoms with Gasteiger partial charge in [0.2, 0.25) is 10.0 Å². The van der Waals surface area contributed by atoms with E-state index in [4.69, 9.17) is 5.73 Å². The lowest BCUT2D eigenvalue weighted by Crippen LogP contribution is -2.43. The Balaban J connectivity index is 2.30. The van der Waals surface area contributed by atoms with Gasteiger partial charge < -0.3 is 10.8 Å². The molecule has 7 heteroatoms. The molecule has 1 saturated carbocycles. The van der Waals surface area contributed by atoms with E-state index in [1.807, 2.05) is 0 Å². The van der Waals surface area contributed by atoms with Gasteiger partial charge in [-0.3, -0.25) is 0 Å². The first kappa shape index (κ1) is 16.2. The Morgan fingerprint density at radius 3 is 2.71 bits per heavy atom. The van der Waals surface area contributed by atoms with Crippen LogP contribution in [0.15, 0.2) is 17.0 Å². The van der Waals surface area contributed by atoms with Crippen molar-refractivity contribution in [3.05, 3.63) is 23.5 Å². The predicted molar refractivity (Wildman–Crippen MR) is 78.7 cm³/mol. The molecule has 2 atom stereocenters. The number of aryl methyl sites for hydroxylation is 1. The first-order valence-electron chi connectivity index (χ1n) is 7.04. The van der Waals surface area contributed by atoms with Crippen molar-refractivity contribution in [3.8, 4) is 0 Å². The molecular weight excluding hydrogens is 295 g/mol. The fraction of sp³-hybridized carbons (Fsp3) is 0.571. The summed E-state index contributed by atoms with van der Waals surface area (Å²) in [5, 5.41) is 9.34.